The Labute approximate surface area is 158 Å². The van der Waals surface area contributed by atoms with Crippen LogP contribution in [-0.4, -0.2) is 52.8 Å². The summed E-state index contributed by atoms with van der Waals surface area (Å²) in [5.41, 5.74) is 0.436. The molecular formula is C18H23Cl2N3O2. The minimum Gasteiger partial charge on any atom is -0.339 e. The van der Waals surface area contributed by atoms with E-state index in [0.717, 1.165) is 12.3 Å². The molecule has 0 unspecified atom stereocenters. The van der Waals surface area contributed by atoms with Gasteiger partial charge >= 0.3 is 0 Å². The van der Waals surface area contributed by atoms with Crippen molar-refractivity contribution in [2.45, 2.75) is 38.5 Å². The third kappa shape index (κ3) is 4.85. The highest BCUT2D eigenvalue weighted by Crippen LogP contribution is 2.28. The Morgan fingerprint density at radius 2 is 1.56 bits per heavy atom. The van der Waals surface area contributed by atoms with Crippen LogP contribution in [0, 0.1) is 5.92 Å². The van der Waals surface area contributed by atoms with E-state index in [1.807, 2.05) is 4.90 Å². The van der Waals surface area contributed by atoms with Crippen molar-refractivity contribution in [3.63, 3.8) is 0 Å². The molecule has 2 heterocycles. The smallest absolute Gasteiger partial charge is 0.254 e. The Morgan fingerprint density at radius 3 is 2.16 bits per heavy atom. The predicted molar refractivity (Wildman–Crippen MR) is 97.9 cm³/mol. The van der Waals surface area contributed by atoms with Crippen LogP contribution in [-0.2, 0) is 4.79 Å². The Kier molecular flexibility index (Phi) is 6.18. The van der Waals surface area contributed by atoms with E-state index in [2.05, 4.69) is 4.98 Å². The molecule has 0 bridgehead atoms. The summed E-state index contributed by atoms with van der Waals surface area (Å²) in [5.74, 6) is 0.825. The highest BCUT2D eigenvalue weighted by Gasteiger charge is 2.26. The number of rotatable bonds is 4. The number of carbonyl (C=O) groups excluding carboxylic acids is 2. The van der Waals surface area contributed by atoms with Gasteiger partial charge in [0.15, 0.2) is 0 Å². The van der Waals surface area contributed by atoms with E-state index >= 15 is 0 Å². The van der Waals surface area contributed by atoms with Crippen molar-refractivity contribution in [2.75, 3.05) is 26.2 Å². The van der Waals surface area contributed by atoms with Crippen LogP contribution in [0.25, 0.3) is 0 Å². The van der Waals surface area contributed by atoms with Crippen molar-refractivity contribution in [1.29, 1.82) is 0 Å². The number of aromatic nitrogens is 1. The molecule has 5 nitrogen and oxygen atoms in total. The molecule has 1 aromatic heterocycles. The van der Waals surface area contributed by atoms with Gasteiger partial charge in [-0.1, -0.05) is 48.9 Å². The van der Waals surface area contributed by atoms with Crippen molar-refractivity contribution in [2.24, 2.45) is 5.92 Å². The second-order valence-electron chi connectivity index (χ2n) is 6.86. The molecule has 7 heteroatoms. The predicted octanol–water partition coefficient (Wildman–Crippen LogP) is 3.64. The first kappa shape index (κ1) is 18.5. The molecule has 3 rings (SSSR count). The summed E-state index contributed by atoms with van der Waals surface area (Å²) < 4.78 is 0. The topological polar surface area (TPSA) is 53.5 Å². The van der Waals surface area contributed by atoms with Crippen LogP contribution in [0.5, 0.6) is 0 Å². The zero-order valence-electron chi connectivity index (χ0n) is 14.2. The van der Waals surface area contributed by atoms with Crippen LogP contribution in [0.15, 0.2) is 12.1 Å². The average molecular weight is 384 g/mol. The monoisotopic (exact) mass is 383 g/mol. The first-order chi connectivity index (χ1) is 12.0. The number of pyridine rings is 1. The molecule has 0 spiro atoms. The summed E-state index contributed by atoms with van der Waals surface area (Å²) in [5, 5.41) is 0.410. The fourth-order valence-corrected chi connectivity index (χ4v) is 4.18. The summed E-state index contributed by atoms with van der Waals surface area (Å²) in [6, 6.07) is 3.05. The van der Waals surface area contributed by atoms with Crippen LogP contribution < -0.4 is 0 Å². The average Bonchev–Trinajstić information content (AvgIpc) is 3.12. The van der Waals surface area contributed by atoms with Crippen LogP contribution >= 0.6 is 23.2 Å². The van der Waals surface area contributed by atoms with Gasteiger partial charge < -0.3 is 9.80 Å². The van der Waals surface area contributed by atoms with Crippen molar-refractivity contribution < 1.29 is 9.59 Å². The molecule has 1 aromatic rings. The standard InChI is InChI=1S/C18H23Cl2N3O2/c19-15-11-14(12-16(20)21-15)18(25)23-9-7-22(8-10-23)17(24)6-5-13-3-1-2-4-13/h11-13H,1-10H2. The van der Waals surface area contributed by atoms with Crippen LogP contribution in [0.3, 0.4) is 0 Å². The molecule has 0 aromatic carbocycles. The van der Waals surface area contributed by atoms with Gasteiger partial charge in [-0.25, -0.2) is 4.98 Å². The van der Waals surface area contributed by atoms with Gasteiger partial charge in [0.05, 0.1) is 0 Å². The lowest BCUT2D eigenvalue weighted by Crippen LogP contribution is -2.50. The van der Waals surface area contributed by atoms with E-state index < -0.39 is 0 Å². The van der Waals surface area contributed by atoms with Crippen LogP contribution in [0.4, 0.5) is 0 Å². The molecule has 1 saturated heterocycles. The van der Waals surface area contributed by atoms with Crippen molar-refractivity contribution in [3.05, 3.63) is 28.0 Å². The number of hydrogen-bond acceptors (Lipinski definition) is 3. The first-order valence-corrected chi connectivity index (χ1v) is 9.68. The lowest BCUT2D eigenvalue weighted by atomic mass is 10.0. The quantitative estimate of drug-likeness (QED) is 0.745. The highest BCUT2D eigenvalue weighted by atomic mass is 35.5. The lowest BCUT2D eigenvalue weighted by Gasteiger charge is -2.35. The van der Waals surface area contributed by atoms with Gasteiger partial charge in [0.25, 0.3) is 5.91 Å². The van der Waals surface area contributed by atoms with Gasteiger partial charge in [-0.2, -0.15) is 0 Å². The number of piperazine rings is 1. The summed E-state index contributed by atoms with van der Waals surface area (Å²) >= 11 is 11.7. The molecule has 0 atom stereocenters. The minimum absolute atomic E-state index is 0.121. The fraction of sp³-hybridized carbons (Fsp3) is 0.611. The molecule has 2 aliphatic rings. The van der Waals surface area contributed by atoms with Crippen molar-refractivity contribution in [3.8, 4) is 0 Å². The molecule has 0 radical (unpaired) electrons. The summed E-state index contributed by atoms with van der Waals surface area (Å²) in [4.78, 5) is 32.4. The van der Waals surface area contributed by atoms with E-state index in [0.29, 0.717) is 38.2 Å². The number of hydrogen-bond donors (Lipinski definition) is 0. The molecule has 1 aliphatic heterocycles. The van der Waals surface area contributed by atoms with E-state index in [4.69, 9.17) is 23.2 Å². The number of nitrogens with zero attached hydrogens (tertiary/aromatic N) is 3. The molecule has 1 saturated carbocycles. The highest BCUT2D eigenvalue weighted by molar-refractivity contribution is 6.33. The lowest BCUT2D eigenvalue weighted by molar-refractivity contribution is -0.133. The van der Waals surface area contributed by atoms with E-state index in [9.17, 15) is 9.59 Å². The largest absolute Gasteiger partial charge is 0.339 e. The molecular weight excluding hydrogens is 361 g/mol. The normalized spacial score (nSPS) is 18.6. The number of carbonyl (C=O) groups is 2. The first-order valence-electron chi connectivity index (χ1n) is 8.93. The maximum atomic E-state index is 12.6. The second kappa shape index (κ2) is 8.37. The summed E-state index contributed by atoms with van der Waals surface area (Å²) in [7, 11) is 0. The SMILES string of the molecule is O=C(CCC1CCCC1)N1CCN(C(=O)c2cc(Cl)nc(Cl)c2)CC1. The number of halogens is 2. The van der Waals surface area contributed by atoms with Gasteiger partial charge in [0.1, 0.15) is 10.3 Å². The Bertz CT molecular complexity index is 619. The van der Waals surface area contributed by atoms with Gasteiger partial charge in [0, 0.05) is 38.2 Å². The third-order valence-corrected chi connectivity index (χ3v) is 5.56. The molecule has 2 fully saturated rings. The van der Waals surface area contributed by atoms with Crippen LogP contribution in [0.1, 0.15) is 48.9 Å². The van der Waals surface area contributed by atoms with Crippen molar-refractivity contribution >= 4 is 35.0 Å². The van der Waals surface area contributed by atoms with Gasteiger partial charge in [-0.3, -0.25) is 9.59 Å². The van der Waals surface area contributed by atoms with Gasteiger partial charge in [-0.15, -0.1) is 0 Å². The molecule has 25 heavy (non-hydrogen) atoms. The molecule has 2 amide bonds. The maximum absolute atomic E-state index is 12.6. The Balaban J connectivity index is 1.49. The van der Waals surface area contributed by atoms with Crippen LogP contribution in [0.2, 0.25) is 10.3 Å². The second-order valence-corrected chi connectivity index (χ2v) is 7.64. The van der Waals surface area contributed by atoms with Gasteiger partial charge in [0.2, 0.25) is 5.91 Å². The van der Waals surface area contributed by atoms with Crippen molar-refractivity contribution in [1.82, 2.24) is 14.8 Å². The Hall–Kier alpha value is -1.33. The summed E-state index contributed by atoms with van der Waals surface area (Å²) in [6.45, 7) is 2.24. The third-order valence-electron chi connectivity index (χ3n) is 5.17. The van der Waals surface area contributed by atoms with E-state index in [-0.39, 0.29) is 22.1 Å². The van der Waals surface area contributed by atoms with Gasteiger partial charge in [-0.05, 0) is 24.5 Å². The molecule has 0 N–H and O–H groups in total. The van der Waals surface area contributed by atoms with E-state index in [1.54, 1.807) is 4.90 Å². The zero-order valence-corrected chi connectivity index (χ0v) is 15.7. The summed E-state index contributed by atoms with van der Waals surface area (Å²) in [6.07, 6.45) is 6.80. The zero-order chi connectivity index (χ0) is 17.8. The fourth-order valence-electron chi connectivity index (χ4n) is 3.71. The maximum Gasteiger partial charge on any atom is 0.254 e. The van der Waals surface area contributed by atoms with E-state index in [1.165, 1.54) is 37.8 Å². The molecule has 136 valence electrons. The Morgan fingerprint density at radius 1 is 1.00 bits per heavy atom. The number of amides is 2. The minimum atomic E-state index is -0.121. The molecule has 1 aliphatic carbocycles.